The zero-order valence-corrected chi connectivity index (χ0v) is 10.8. The van der Waals surface area contributed by atoms with Crippen LogP contribution in [0.3, 0.4) is 0 Å². The molecule has 1 heterocycles. The number of unbranched alkanes of at least 4 members (excludes halogenated alkanes) is 1. The molecule has 0 bridgehead atoms. The zero-order chi connectivity index (χ0) is 11.6. The van der Waals surface area contributed by atoms with Crippen LogP contribution in [0.2, 0.25) is 0 Å². The summed E-state index contributed by atoms with van der Waals surface area (Å²) >= 11 is 1.92. The maximum atomic E-state index is 11.6. The molecule has 1 aliphatic rings. The van der Waals surface area contributed by atoms with E-state index in [0.29, 0.717) is 12.5 Å². The van der Waals surface area contributed by atoms with E-state index in [9.17, 15) is 4.79 Å². The Balaban J connectivity index is 1.97. The summed E-state index contributed by atoms with van der Waals surface area (Å²) in [4.78, 5) is 11.6. The Morgan fingerprint density at radius 2 is 2.44 bits per heavy atom. The van der Waals surface area contributed by atoms with Gasteiger partial charge in [-0.2, -0.15) is 11.8 Å². The van der Waals surface area contributed by atoms with Crippen LogP contribution in [0.15, 0.2) is 0 Å². The summed E-state index contributed by atoms with van der Waals surface area (Å²) in [6, 6.07) is 0.359. The molecule has 94 valence electrons. The van der Waals surface area contributed by atoms with Gasteiger partial charge in [-0.25, -0.2) is 0 Å². The largest absolute Gasteiger partial charge is 0.385 e. The number of carbonyl (C=O) groups is 1. The number of amides is 1. The van der Waals surface area contributed by atoms with Crippen LogP contribution in [0, 0.1) is 0 Å². The van der Waals surface area contributed by atoms with Crippen molar-refractivity contribution in [2.45, 2.75) is 25.3 Å². The highest BCUT2D eigenvalue weighted by Crippen LogP contribution is 2.09. The van der Waals surface area contributed by atoms with Crippen LogP contribution < -0.4 is 10.6 Å². The maximum absolute atomic E-state index is 11.6. The summed E-state index contributed by atoms with van der Waals surface area (Å²) in [5, 5.41) is 6.30. The first-order chi connectivity index (χ1) is 7.83. The van der Waals surface area contributed by atoms with E-state index in [1.165, 1.54) is 0 Å². The summed E-state index contributed by atoms with van der Waals surface area (Å²) in [7, 11) is 1.70. The molecule has 0 aromatic heterocycles. The summed E-state index contributed by atoms with van der Waals surface area (Å²) < 4.78 is 4.94. The Labute approximate surface area is 102 Å². The molecule has 0 aromatic carbocycles. The smallest absolute Gasteiger partial charge is 0.221 e. The van der Waals surface area contributed by atoms with E-state index in [2.05, 4.69) is 10.6 Å². The highest BCUT2D eigenvalue weighted by molar-refractivity contribution is 7.99. The van der Waals surface area contributed by atoms with E-state index >= 15 is 0 Å². The van der Waals surface area contributed by atoms with E-state index in [1.807, 2.05) is 11.8 Å². The molecule has 0 spiro atoms. The molecule has 1 amide bonds. The first-order valence-corrected chi connectivity index (χ1v) is 7.05. The number of ether oxygens (including phenoxy) is 1. The van der Waals surface area contributed by atoms with Crippen LogP contribution in [0.5, 0.6) is 0 Å². The lowest BCUT2D eigenvalue weighted by Gasteiger charge is -2.22. The normalized spacial score (nSPS) is 20.7. The van der Waals surface area contributed by atoms with E-state index in [-0.39, 0.29) is 5.91 Å². The molecular weight excluding hydrogens is 224 g/mol. The van der Waals surface area contributed by atoms with Crippen molar-refractivity contribution in [1.82, 2.24) is 10.6 Å². The molecule has 1 rings (SSSR count). The summed E-state index contributed by atoms with van der Waals surface area (Å²) in [5.41, 5.74) is 0. The van der Waals surface area contributed by atoms with Crippen LogP contribution in [-0.4, -0.2) is 50.3 Å². The standard InChI is InChI=1S/C11H22N2O2S/c1-15-6-3-2-4-13-11(14)8-10-9-16-7-5-12-10/h10,12H,2-9H2,1H3,(H,13,14). The minimum absolute atomic E-state index is 0.164. The van der Waals surface area contributed by atoms with Gasteiger partial charge >= 0.3 is 0 Å². The molecular formula is C11H22N2O2S. The number of methoxy groups -OCH3 is 1. The molecule has 1 fully saturated rings. The number of rotatable bonds is 7. The van der Waals surface area contributed by atoms with Crippen molar-refractivity contribution in [3.05, 3.63) is 0 Å². The Bertz CT molecular complexity index is 196. The van der Waals surface area contributed by atoms with Crippen LogP contribution in [0.25, 0.3) is 0 Å². The van der Waals surface area contributed by atoms with Crippen molar-refractivity contribution < 1.29 is 9.53 Å². The molecule has 0 radical (unpaired) electrons. The number of thioether (sulfide) groups is 1. The average Bonchev–Trinajstić information content (AvgIpc) is 2.30. The van der Waals surface area contributed by atoms with Crippen molar-refractivity contribution >= 4 is 17.7 Å². The lowest BCUT2D eigenvalue weighted by atomic mass is 10.2. The minimum atomic E-state index is 0.164. The monoisotopic (exact) mass is 246 g/mol. The van der Waals surface area contributed by atoms with E-state index < -0.39 is 0 Å². The van der Waals surface area contributed by atoms with Crippen LogP contribution in [0.1, 0.15) is 19.3 Å². The summed E-state index contributed by atoms with van der Waals surface area (Å²) in [6.07, 6.45) is 2.61. The van der Waals surface area contributed by atoms with Crippen molar-refractivity contribution in [2.24, 2.45) is 0 Å². The number of hydrogen-bond donors (Lipinski definition) is 2. The molecule has 2 N–H and O–H groups in total. The fourth-order valence-electron chi connectivity index (χ4n) is 1.65. The lowest BCUT2D eigenvalue weighted by molar-refractivity contribution is -0.121. The van der Waals surface area contributed by atoms with Gasteiger partial charge < -0.3 is 15.4 Å². The van der Waals surface area contributed by atoms with Gasteiger partial charge in [0.05, 0.1) is 0 Å². The zero-order valence-electron chi connectivity index (χ0n) is 9.96. The number of hydrogen-bond acceptors (Lipinski definition) is 4. The third kappa shape index (κ3) is 6.35. The number of carbonyl (C=O) groups excluding carboxylic acids is 1. The summed E-state index contributed by atoms with van der Waals surface area (Å²) in [6.45, 7) is 2.56. The van der Waals surface area contributed by atoms with Gasteiger partial charge in [-0.15, -0.1) is 0 Å². The third-order valence-electron chi connectivity index (χ3n) is 2.53. The van der Waals surface area contributed by atoms with Crippen LogP contribution >= 0.6 is 11.8 Å². The van der Waals surface area contributed by atoms with E-state index in [0.717, 1.165) is 44.0 Å². The Morgan fingerprint density at radius 1 is 1.56 bits per heavy atom. The second kappa shape index (κ2) is 8.84. The second-order valence-corrected chi connectivity index (χ2v) is 5.13. The topological polar surface area (TPSA) is 50.4 Å². The molecule has 0 aliphatic carbocycles. The molecule has 1 unspecified atom stereocenters. The van der Waals surface area contributed by atoms with Gasteiger partial charge in [0.1, 0.15) is 0 Å². The Hall–Kier alpha value is -0.260. The SMILES string of the molecule is COCCCCNC(=O)CC1CSCCN1. The highest BCUT2D eigenvalue weighted by atomic mass is 32.2. The first kappa shape index (κ1) is 13.8. The predicted octanol–water partition coefficient (Wildman–Crippen LogP) is 0.624. The Morgan fingerprint density at radius 3 is 3.12 bits per heavy atom. The van der Waals surface area contributed by atoms with Gasteiger partial charge in [-0.1, -0.05) is 0 Å². The van der Waals surface area contributed by atoms with Crippen molar-refractivity contribution in [1.29, 1.82) is 0 Å². The molecule has 16 heavy (non-hydrogen) atoms. The highest BCUT2D eigenvalue weighted by Gasteiger charge is 2.15. The molecule has 4 nitrogen and oxygen atoms in total. The molecule has 0 aromatic rings. The quantitative estimate of drug-likeness (QED) is 0.647. The van der Waals surface area contributed by atoms with Gasteiger partial charge in [-0.05, 0) is 12.8 Å². The molecule has 1 saturated heterocycles. The Kier molecular flexibility index (Phi) is 7.63. The van der Waals surface area contributed by atoms with Gasteiger partial charge in [0.25, 0.3) is 0 Å². The number of nitrogens with one attached hydrogen (secondary N) is 2. The van der Waals surface area contributed by atoms with Crippen LogP contribution in [-0.2, 0) is 9.53 Å². The maximum Gasteiger partial charge on any atom is 0.221 e. The van der Waals surface area contributed by atoms with Crippen molar-refractivity contribution in [2.75, 3.05) is 38.3 Å². The van der Waals surface area contributed by atoms with E-state index in [4.69, 9.17) is 4.74 Å². The molecule has 1 atom stereocenters. The van der Waals surface area contributed by atoms with Crippen molar-refractivity contribution in [3.8, 4) is 0 Å². The predicted molar refractivity (Wildman–Crippen MR) is 67.9 cm³/mol. The fourth-order valence-corrected chi connectivity index (χ4v) is 2.60. The van der Waals surface area contributed by atoms with E-state index in [1.54, 1.807) is 7.11 Å². The van der Waals surface area contributed by atoms with Crippen molar-refractivity contribution in [3.63, 3.8) is 0 Å². The van der Waals surface area contributed by atoms with Gasteiger partial charge in [0.15, 0.2) is 0 Å². The molecule has 5 heteroatoms. The second-order valence-electron chi connectivity index (χ2n) is 3.98. The van der Waals surface area contributed by atoms with Gasteiger partial charge in [0.2, 0.25) is 5.91 Å². The molecule has 0 saturated carbocycles. The molecule has 1 aliphatic heterocycles. The minimum Gasteiger partial charge on any atom is -0.385 e. The third-order valence-corrected chi connectivity index (χ3v) is 3.66. The van der Waals surface area contributed by atoms with Crippen LogP contribution in [0.4, 0.5) is 0 Å². The van der Waals surface area contributed by atoms with Gasteiger partial charge in [-0.3, -0.25) is 4.79 Å². The average molecular weight is 246 g/mol. The van der Waals surface area contributed by atoms with Gasteiger partial charge in [0, 0.05) is 50.8 Å². The lowest BCUT2D eigenvalue weighted by Crippen LogP contribution is -2.41. The summed E-state index contributed by atoms with van der Waals surface area (Å²) in [5.74, 6) is 2.38. The first-order valence-electron chi connectivity index (χ1n) is 5.89. The fraction of sp³-hybridized carbons (Fsp3) is 0.909.